The monoisotopic (exact) mass is 259 g/mol. The van der Waals surface area contributed by atoms with Crippen molar-refractivity contribution in [1.29, 1.82) is 0 Å². The molecule has 0 aliphatic heterocycles. The Kier molecular flexibility index (Phi) is 3.90. The van der Waals surface area contributed by atoms with Crippen LogP contribution in [0.5, 0.6) is 0 Å². The Morgan fingerprint density at radius 1 is 1.31 bits per heavy atom. The largest absolute Gasteiger partial charge is 0.365 e. The SMILES string of the molecule is N[C@@H]1CCCC[C@H]1Nc1ncc(Cl)cc1Cl. The van der Waals surface area contributed by atoms with E-state index in [1.165, 1.54) is 12.8 Å². The van der Waals surface area contributed by atoms with Gasteiger partial charge in [0.15, 0.2) is 0 Å². The van der Waals surface area contributed by atoms with Gasteiger partial charge in [0.1, 0.15) is 5.82 Å². The molecular weight excluding hydrogens is 245 g/mol. The molecule has 0 bridgehead atoms. The van der Waals surface area contributed by atoms with Gasteiger partial charge in [0.2, 0.25) is 0 Å². The molecule has 1 aromatic rings. The lowest BCUT2D eigenvalue weighted by Crippen LogP contribution is -2.42. The molecule has 1 aliphatic carbocycles. The average molecular weight is 260 g/mol. The number of nitrogens with one attached hydrogen (secondary N) is 1. The minimum absolute atomic E-state index is 0.183. The third-order valence-corrected chi connectivity index (χ3v) is 3.44. The van der Waals surface area contributed by atoms with Gasteiger partial charge in [0, 0.05) is 18.3 Å². The van der Waals surface area contributed by atoms with Crippen LogP contribution in [0, 0.1) is 0 Å². The van der Waals surface area contributed by atoms with Crippen LogP contribution in [-0.4, -0.2) is 17.1 Å². The third-order valence-electron chi connectivity index (χ3n) is 2.95. The Balaban J connectivity index is 2.07. The summed E-state index contributed by atoms with van der Waals surface area (Å²) in [4.78, 5) is 4.18. The quantitative estimate of drug-likeness (QED) is 0.859. The highest BCUT2D eigenvalue weighted by Gasteiger charge is 2.22. The minimum atomic E-state index is 0.183. The first-order valence-corrected chi connectivity index (χ1v) is 6.25. The second-order valence-electron chi connectivity index (χ2n) is 4.18. The standard InChI is InChI=1S/C11H15Cl2N3/c12-7-5-8(13)11(15-6-7)16-10-4-2-1-3-9(10)14/h5-6,9-10H,1-4,14H2,(H,15,16)/t9-,10-/m1/s1. The Morgan fingerprint density at radius 2 is 2.06 bits per heavy atom. The first-order chi connectivity index (χ1) is 7.66. The molecule has 3 N–H and O–H groups in total. The summed E-state index contributed by atoms with van der Waals surface area (Å²) in [7, 11) is 0. The Bertz CT molecular complexity index is 370. The van der Waals surface area contributed by atoms with E-state index in [0.717, 1.165) is 12.8 Å². The molecule has 2 atom stereocenters. The first kappa shape index (κ1) is 12.0. The fourth-order valence-corrected chi connectivity index (χ4v) is 2.47. The average Bonchev–Trinajstić information content (AvgIpc) is 2.25. The highest BCUT2D eigenvalue weighted by molar-refractivity contribution is 6.35. The minimum Gasteiger partial charge on any atom is -0.365 e. The highest BCUT2D eigenvalue weighted by atomic mass is 35.5. The van der Waals surface area contributed by atoms with Crippen molar-refractivity contribution >= 4 is 29.0 Å². The number of nitrogens with two attached hydrogens (primary N) is 1. The van der Waals surface area contributed by atoms with E-state index >= 15 is 0 Å². The first-order valence-electron chi connectivity index (χ1n) is 5.50. The van der Waals surface area contributed by atoms with E-state index in [0.29, 0.717) is 15.9 Å². The van der Waals surface area contributed by atoms with Gasteiger partial charge in [-0.15, -0.1) is 0 Å². The van der Waals surface area contributed by atoms with Crippen LogP contribution >= 0.6 is 23.2 Å². The second-order valence-corrected chi connectivity index (χ2v) is 5.03. The van der Waals surface area contributed by atoms with E-state index in [9.17, 15) is 0 Å². The maximum Gasteiger partial charge on any atom is 0.145 e. The Hall–Kier alpha value is -0.510. The molecule has 0 radical (unpaired) electrons. The van der Waals surface area contributed by atoms with Crippen LogP contribution < -0.4 is 11.1 Å². The summed E-state index contributed by atoms with van der Waals surface area (Å²) in [5.74, 6) is 0.674. The summed E-state index contributed by atoms with van der Waals surface area (Å²) in [6.07, 6.45) is 6.13. The molecule has 0 aromatic carbocycles. The molecule has 1 fully saturated rings. The number of nitrogens with zero attached hydrogens (tertiary/aromatic N) is 1. The van der Waals surface area contributed by atoms with Crippen molar-refractivity contribution in [3.8, 4) is 0 Å². The number of halogens is 2. The fourth-order valence-electron chi connectivity index (χ4n) is 2.04. The van der Waals surface area contributed by atoms with Crippen LogP contribution in [0.3, 0.4) is 0 Å². The third kappa shape index (κ3) is 2.78. The molecule has 88 valence electrons. The summed E-state index contributed by atoms with van der Waals surface area (Å²) in [6.45, 7) is 0. The molecule has 2 rings (SSSR count). The predicted octanol–water partition coefficient (Wildman–Crippen LogP) is 3.07. The second kappa shape index (κ2) is 5.21. The van der Waals surface area contributed by atoms with Gasteiger partial charge in [-0.1, -0.05) is 36.0 Å². The fraction of sp³-hybridized carbons (Fsp3) is 0.545. The maximum atomic E-state index is 6.05. The van der Waals surface area contributed by atoms with Gasteiger partial charge in [0.25, 0.3) is 0 Å². The number of hydrogen-bond acceptors (Lipinski definition) is 3. The number of rotatable bonds is 2. The number of aromatic nitrogens is 1. The molecule has 5 heteroatoms. The molecule has 0 saturated heterocycles. The van der Waals surface area contributed by atoms with Gasteiger partial charge in [0.05, 0.1) is 10.0 Å². The van der Waals surface area contributed by atoms with Crippen LogP contribution in [0.15, 0.2) is 12.3 Å². The summed E-state index contributed by atoms with van der Waals surface area (Å²) < 4.78 is 0. The van der Waals surface area contributed by atoms with Gasteiger partial charge in [-0.3, -0.25) is 0 Å². The molecule has 1 aromatic heterocycles. The Labute approximate surface area is 105 Å². The molecule has 16 heavy (non-hydrogen) atoms. The van der Waals surface area contributed by atoms with Gasteiger partial charge in [-0.25, -0.2) is 4.98 Å². The van der Waals surface area contributed by atoms with Crippen molar-refractivity contribution < 1.29 is 0 Å². The van der Waals surface area contributed by atoms with Crippen LogP contribution in [0.4, 0.5) is 5.82 Å². The van der Waals surface area contributed by atoms with Crippen molar-refractivity contribution in [2.45, 2.75) is 37.8 Å². The molecule has 1 saturated carbocycles. The zero-order valence-electron chi connectivity index (χ0n) is 8.92. The van der Waals surface area contributed by atoms with Crippen molar-refractivity contribution in [1.82, 2.24) is 4.98 Å². The van der Waals surface area contributed by atoms with Crippen molar-refractivity contribution in [3.63, 3.8) is 0 Å². The van der Waals surface area contributed by atoms with Crippen molar-refractivity contribution in [3.05, 3.63) is 22.3 Å². The van der Waals surface area contributed by atoms with E-state index in [1.54, 1.807) is 12.3 Å². The molecule has 0 amide bonds. The van der Waals surface area contributed by atoms with E-state index in [4.69, 9.17) is 28.9 Å². The van der Waals surface area contributed by atoms with E-state index in [2.05, 4.69) is 10.3 Å². The van der Waals surface area contributed by atoms with Crippen molar-refractivity contribution in [2.24, 2.45) is 5.73 Å². The van der Waals surface area contributed by atoms with E-state index in [1.807, 2.05) is 0 Å². The van der Waals surface area contributed by atoms with E-state index < -0.39 is 0 Å². The van der Waals surface area contributed by atoms with Gasteiger partial charge >= 0.3 is 0 Å². The lowest BCUT2D eigenvalue weighted by molar-refractivity contribution is 0.403. The highest BCUT2D eigenvalue weighted by Crippen LogP contribution is 2.26. The normalized spacial score (nSPS) is 25.4. The number of hydrogen-bond donors (Lipinski definition) is 2. The zero-order valence-corrected chi connectivity index (χ0v) is 10.4. The van der Waals surface area contributed by atoms with Crippen molar-refractivity contribution in [2.75, 3.05) is 5.32 Å². The van der Waals surface area contributed by atoms with Gasteiger partial charge in [-0.2, -0.15) is 0 Å². The topological polar surface area (TPSA) is 50.9 Å². The molecule has 1 aliphatic rings. The van der Waals surface area contributed by atoms with Crippen LogP contribution in [-0.2, 0) is 0 Å². The summed E-state index contributed by atoms with van der Waals surface area (Å²) in [5, 5.41) is 4.39. The molecule has 1 heterocycles. The summed E-state index contributed by atoms with van der Waals surface area (Å²) >= 11 is 11.8. The van der Waals surface area contributed by atoms with Gasteiger partial charge < -0.3 is 11.1 Å². The summed E-state index contributed by atoms with van der Waals surface area (Å²) in [5.41, 5.74) is 6.05. The number of pyridine rings is 1. The predicted molar refractivity (Wildman–Crippen MR) is 68.1 cm³/mol. The Morgan fingerprint density at radius 3 is 2.75 bits per heavy atom. The van der Waals surface area contributed by atoms with E-state index in [-0.39, 0.29) is 12.1 Å². The maximum absolute atomic E-state index is 6.05. The molecule has 3 nitrogen and oxygen atoms in total. The summed E-state index contributed by atoms with van der Waals surface area (Å²) in [6, 6.07) is 2.13. The smallest absolute Gasteiger partial charge is 0.145 e. The van der Waals surface area contributed by atoms with Gasteiger partial charge in [-0.05, 0) is 18.9 Å². The molecule has 0 spiro atoms. The lowest BCUT2D eigenvalue weighted by atomic mass is 9.91. The van der Waals surface area contributed by atoms with Crippen LogP contribution in [0.2, 0.25) is 10.0 Å². The zero-order chi connectivity index (χ0) is 11.5. The molecule has 0 unspecified atom stereocenters. The molecular formula is C11H15Cl2N3. The number of anilines is 1. The van der Waals surface area contributed by atoms with Crippen LogP contribution in [0.1, 0.15) is 25.7 Å². The lowest BCUT2D eigenvalue weighted by Gasteiger charge is -2.29. The van der Waals surface area contributed by atoms with Crippen LogP contribution in [0.25, 0.3) is 0 Å².